The van der Waals surface area contributed by atoms with Crippen LogP contribution in [-0.4, -0.2) is 4.98 Å². The van der Waals surface area contributed by atoms with Gasteiger partial charge in [0, 0.05) is 10.5 Å². The molecule has 2 heterocycles. The summed E-state index contributed by atoms with van der Waals surface area (Å²) in [6.45, 7) is 0. The summed E-state index contributed by atoms with van der Waals surface area (Å²) in [4.78, 5) is 3.44. The van der Waals surface area contributed by atoms with Gasteiger partial charge in [0.1, 0.15) is 12.6 Å². The van der Waals surface area contributed by atoms with Gasteiger partial charge in [-0.05, 0) is 24.3 Å². The predicted octanol–water partition coefficient (Wildman–Crippen LogP) is 1.72. The smallest absolute Gasteiger partial charge is 0.240 e. The maximum absolute atomic E-state index is 6.60. The molecule has 2 nitrogen and oxygen atoms in total. The second-order valence-corrected chi connectivity index (χ2v) is 6.22. The van der Waals surface area contributed by atoms with Gasteiger partial charge in [0.2, 0.25) is 11.0 Å². The summed E-state index contributed by atoms with van der Waals surface area (Å²) in [5, 5.41) is 3.02. The van der Waals surface area contributed by atoms with Gasteiger partial charge in [0.25, 0.3) is 0 Å². The SMILES string of the molecule is C[n+]1c2ccccc2c(Cl)c2[nH]c3cc(Br)ccc3c21.[Cl-]. The van der Waals surface area contributed by atoms with E-state index in [9.17, 15) is 0 Å². The van der Waals surface area contributed by atoms with E-state index < -0.39 is 0 Å². The van der Waals surface area contributed by atoms with E-state index in [1.54, 1.807) is 0 Å². The normalized spacial score (nSPS) is 11.2. The van der Waals surface area contributed by atoms with Crippen molar-refractivity contribution in [2.45, 2.75) is 0 Å². The molecule has 4 rings (SSSR count). The van der Waals surface area contributed by atoms with Gasteiger partial charge in [0.05, 0.1) is 21.3 Å². The van der Waals surface area contributed by atoms with E-state index in [-0.39, 0.29) is 12.4 Å². The Morgan fingerprint density at radius 1 is 1.10 bits per heavy atom. The highest BCUT2D eigenvalue weighted by Crippen LogP contribution is 2.33. The number of nitrogens with zero attached hydrogens (tertiary/aromatic N) is 1. The van der Waals surface area contributed by atoms with E-state index in [1.165, 1.54) is 5.39 Å². The van der Waals surface area contributed by atoms with Gasteiger partial charge in [0.15, 0.2) is 0 Å². The van der Waals surface area contributed by atoms with Gasteiger partial charge in [-0.2, -0.15) is 4.57 Å². The quantitative estimate of drug-likeness (QED) is 0.447. The third-order valence-corrected chi connectivity index (χ3v) is 4.68. The van der Waals surface area contributed by atoms with Crippen LogP contribution >= 0.6 is 27.5 Å². The molecule has 0 radical (unpaired) electrons. The Kier molecular flexibility index (Phi) is 3.60. The lowest BCUT2D eigenvalue weighted by molar-refractivity contribution is -0.616. The maximum atomic E-state index is 6.60. The van der Waals surface area contributed by atoms with Crippen LogP contribution in [0.1, 0.15) is 0 Å². The summed E-state index contributed by atoms with van der Waals surface area (Å²) in [6.07, 6.45) is 0. The third kappa shape index (κ3) is 2.03. The van der Waals surface area contributed by atoms with Gasteiger partial charge in [-0.1, -0.05) is 39.7 Å². The number of aryl methyl sites for hydroxylation is 1. The van der Waals surface area contributed by atoms with Crippen LogP contribution in [0, 0.1) is 0 Å². The topological polar surface area (TPSA) is 19.7 Å². The molecule has 106 valence electrons. The summed E-state index contributed by atoms with van der Waals surface area (Å²) in [7, 11) is 2.08. The van der Waals surface area contributed by atoms with Gasteiger partial charge >= 0.3 is 0 Å². The monoisotopic (exact) mass is 380 g/mol. The van der Waals surface area contributed by atoms with Crippen LogP contribution in [0.4, 0.5) is 0 Å². The summed E-state index contributed by atoms with van der Waals surface area (Å²) in [5.41, 5.74) is 4.34. The van der Waals surface area contributed by atoms with E-state index in [4.69, 9.17) is 11.6 Å². The molecule has 0 spiro atoms. The Morgan fingerprint density at radius 3 is 2.67 bits per heavy atom. The highest BCUT2D eigenvalue weighted by molar-refractivity contribution is 9.10. The number of hydrogen-bond acceptors (Lipinski definition) is 0. The number of fused-ring (bicyclic) bond motifs is 4. The molecule has 0 saturated carbocycles. The zero-order chi connectivity index (χ0) is 13.9. The van der Waals surface area contributed by atoms with E-state index in [0.29, 0.717) is 0 Å². The Bertz CT molecular complexity index is 992. The van der Waals surface area contributed by atoms with Crippen LogP contribution < -0.4 is 17.0 Å². The molecule has 4 aromatic rings. The standard InChI is InChI=1S/C16H10BrClN2.ClH/c1-20-13-5-3-2-4-11(13)14(18)15-16(20)10-7-6-9(17)8-12(10)19-15;/h2-8H,1H3;1H. The number of rotatable bonds is 0. The molecule has 0 saturated heterocycles. The van der Waals surface area contributed by atoms with Crippen LogP contribution in [0.3, 0.4) is 0 Å². The van der Waals surface area contributed by atoms with Crippen molar-refractivity contribution in [3.05, 3.63) is 52.0 Å². The highest BCUT2D eigenvalue weighted by Gasteiger charge is 2.21. The molecule has 0 unspecified atom stereocenters. The van der Waals surface area contributed by atoms with E-state index in [0.717, 1.165) is 36.9 Å². The largest absolute Gasteiger partial charge is 1.00 e. The fourth-order valence-electron chi connectivity index (χ4n) is 2.87. The Labute approximate surface area is 141 Å². The first-order chi connectivity index (χ1) is 9.66. The van der Waals surface area contributed by atoms with Gasteiger partial charge in [-0.25, -0.2) is 0 Å². The number of H-pyrrole nitrogens is 1. The van der Waals surface area contributed by atoms with Crippen molar-refractivity contribution in [1.82, 2.24) is 4.98 Å². The number of nitrogens with one attached hydrogen (secondary N) is 1. The van der Waals surface area contributed by atoms with Crippen molar-refractivity contribution in [2.24, 2.45) is 7.05 Å². The lowest BCUT2D eigenvalue weighted by Gasteiger charge is -2.01. The van der Waals surface area contributed by atoms with Crippen molar-refractivity contribution in [1.29, 1.82) is 0 Å². The molecule has 0 bridgehead atoms. The Hall–Kier alpha value is -1.29. The average molecular weight is 382 g/mol. The molecule has 5 heteroatoms. The Balaban J connectivity index is 0.00000132. The summed E-state index contributed by atoms with van der Waals surface area (Å²) in [6, 6.07) is 14.4. The predicted molar refractivity (Wildman–Crippen MR) is 87.2 cm³/mol. The first-order valence-corrected chi connectivity index (χ1v) is 7.51. The van der Waals surface area contributed by atoms with Gasteiger partial charge < -0.3 is 17.4 Å². The first-order valence-electron chi connectivity index (χ1n) is 6.34. The minimum absolute atomic E-state index is 0. The molecule has 0 aliphatic rings. The second kappa shape index (κ2) is 5.16. The molecule has 0 aliphatic heterocycles. The zero-order valence-corrected chi connectivity index (χ0v) is 14.2. The maximum Gasteiger partial charge on any atom is 0.240 e. The molecule has 0 amide bonds. The van der Waals surface area contributed by atoms with Crippen molar-refractivity contribution in [2.75, 3.05) is 0 Å². The van der Waals surface area contributed by atoms with Crippen molar-refractivity contribution in [3.63, 3.8) is 0 Å². The number of aromatic amines is 1. The van der Waals surface area contributed by atoms with Crippen LogP contribution in [0.5, 0.6) is 0 Å². The lowest BCUT2D eigenvalue weighted by Crippen LogP contribution is -3.00. The van der Waals surface area contributed by atoms with Crippen LogP contribution in [0.25, 0.3) is 32.8 Å². The second-order valence-electron chi connectivity index (χ2n) is 4.93. The van der Waals surface area contributed by atoms with Crippen LogP contribution in [-0.2, 0) is 7.05 Å². The molecule has 0 atom stereocenters. The molecular formula is C16H11BrCl2N2. The highest BCUT2D eigenvalue weighted by atomic mass is 79.9. The molecule has 21 heavy (non-hydrogen) atoms. The lowest BCUT2D eigenvalue weighted by atomic mass is 10.1. The summed E-state index contributed by atoms with van der Waals surface area (Å²) >= 11 is 10.1. The van der Waals surface area contributed by atoms with Gasteiger partial charge in [-0.15, -0.1) is 0 Å². The number of pyridine rings is 1. The minimum atomic E-state index is 0. The Morgan fingerprint density at radius 2 is 1.86 bits per heavy atom. The van der Waals surface area contributed by atoms with E-state index >= 15 is 0 Å². The number of para-hydroxylation sites is 1. The van der Waals surface area contributed by atoms with Crippen LogP contribution in [0.15, 0.2) is 46.9 Å². The molecule has 2 aromatic carbocycles. The average Bonchev–Trinajstić information content (AvgIpc) is 2.83. The minimum Gasteiger partial charge on any atom is -1.00 e. The van der Waals surface area contributed by atoms with Crippen LogP contribution in [0.2, 0.25) is 5.02 Å². The van der Waals surface area contributed by atoms with Gasteiger partial charge in [-0.3, -0.25) is 0 Å². The van der Waals surface area contributed by atoms with Crippen molar-refractivity contribution < 1.29 is 17.0 Å². The van der Waals surface area contributed by atoms with E-state index in [1.807, 2.05) is 12.1 Å². The first kappa shape index (κ1) is 14.6. The molecular weight excluding hydrogens is 371 g/mol. The zero-order valence-electron chi connectivity index (χ0n) is 11.1. The molecule has 1 N–H and O–H groups in total. The molecule has 2 aromatic heterocycles. The molecule has 0 aliphatic carbocycles. The third-order valence-electron chi connectivity index (χ3n) is 3.79. The number of hydrogen-bond donors (Lipinski definition) is 1. The number of benzene rings is 2. The molecule has 0 fully saturated rings. The summed E-state index contributed by atoms with van der Waals surface area (Å²) < 4.78 is 3.25. The fourth-order valence-corrected chi connectivity index (χ4v) is 3.53. The van der Waals surface area contributed by atoms with Crippen molar-refractivity contribution in [3.8, 4) is 0 Å². The fraction of sp³-hybridized carbons (Fsp3) is 0.0625. The van der Waals surface area contributed by atoms with E-state index in [2.05, 4.69) is 62.9 Å². The number of halogens is 3. The summed E-state index contributed by atoms with van der Waals surface area (Å²) in [5.74, 6) is 0. The van der Waals surface area contributed by atoms with Crippen molar-refractivity contribution >= 4 is 60.4 Å². The number of aromatic nitrogens is 2.